The normalized spacial score (nSPS) is 11.8. The smallest absolute Gasteiger partial charge is 0.423 e. The molecule has 0 spiro atoms. The van der Waals surface area contributed by atoms with Gasteiger partial charge < -0.3 is 26.4 Å². The van der Waals surface area contributed by atoms with Crippen LogP contribution >= 0.6 is 34.8 Å². The Labute approximate surface area is 470 Å². The van der Waals surface area contributed by atoms with E-state index in [1.165, 1.54) is 45.8 Å². The quantitative estimate of drug-likeness (QED) is 0.0451. The van der Waals surface area contributed by atoms with Crippen molar-refractivity contribution >= 4 is 127 Å². The molecule has 3 aliphatic carbocycles. The molecule has 390 valence electrons. The van der Waals surface area contributed by atoms with Gasteiger partial charge in [-0.05, 0) is 178 Å². The van der Waals surface area contributed by atoms with Crippen LogP contribution in [0.15, 0.2) is 177 Å². The second-order valence-corrected chi connectivity index (χ2v) is 18.4. The number of nitrogen functional groups attached to an aromatic ring is 1. The molecule has 79 heavy (non-hydrogen) atoms. The van der Waals surface area contributed by atoms with Gasteiger partial charge in [0, 0.05) is 66.0 Å². The summed E-state index contributed by atoms with van der Waals surface area (Å²) in [5.74, 6) is 1.97. The number of nitrogens with one attached hydrogen (secondary N) is 2. The van der Waals surface area contributed by atoms with E-state index in [4.69, 9.17) is 55.6 Å². The van der Waals surface area contributed by atoms with Crippen molar-refractivity contribution in [2.75, 3.05) is 16.4 Å². The number of halogens is 3. The highest BCUT2D eigenvalue weighted by Gasteiger charge is 2.14. The van der Waals surface area contributed by atoms with Crippen LogP contribution in [0.3, 0.4) is 0 Å². The maximum absolute atomic E-state index is 8.55. The zero-order valence-electron chi connectivity index (χ0n) is 41.2. The fraction of sp³-hybridized carbons (Fsp3) is 0.0678. The fourth-order valence-corrected chi connectivity index (χ4v) is 8.96. The number of fused-ring (bicyclic) bond motifs is 6. The van der Waals surface area contributed by atoms with Crippen LogP contribution in [0, 0.1) is 0 Å². The highest BCUT2D eigenvalue weighted by atomic mass is 35.5. The van der Waals surface area contributed by atoms with Gasteiger partial charge in [0.25, 0.3) is 0 Å². The first-order valence-corrected chi connectivity index (χ1v) is 25.4. The van der Waals surface area contributed by atoms with Crippen molar-refractivity contribution in [1.82, 2.24) is 54.8 Å². The molecule has 0 bridgehead atoms. The molecule has 0 fully saturated rings. The fourth-order valence-electron chi connectivity index (χ4n) is 8.34. The highest BCUT2D eigenvalue weighted by molar-refractivity contribution is 6.58. The van der Waals surface area contributed by atoms with Crippen molar-refractivity contribution in [3.8, 4) is 11.4 Å². The van der Waals surface area contributed by atoms with Gasteiger partial charge >= 0.3 is 7.12 Å². The number of hydrogen-bond acceptors (Lipinski definition) is 16. The Bertz CT molecular complexity index is 4030. The minimum absolute atomic E-state index is 0. The van der Waals surface area contributed by atoms with E-state index in [2.05, 4.69) is 133 Å². The number of rotatable bonds is 6. The molecule has 20 heteroatoms. The lowest BCUT2D eigenvalue weighted by molar-refractivity contribution is 0.425. The largest absolute Gasteiger partial charge is 0.488 e. The van der Waals surface area contributed by atoms with E-state index in [1.54, 1.807) is 55.2 Å². The second kappa shape index (κ2) is 25.8. The van der Waals surface area contributed by atoms with Crippen LogP contribution < -0.4 is 21.8 Å². The standard InChI is InChI=1S/C21H15N5.C16H11ClN4.C9H9N.C7H3Cl2N3.C5H6BNO2.CH4/c1-3-14-6-7-17(13-16(14)4-1)24-21-19-18(5-2-10-23-19)25-20(26-21)15-8-11-22-12-9-15;17-16-20-13-5-2-8-18-14(13)15(21-16)19-12-7-6-10-3-1-4-11(10)9-12;10-9-5-4-7-2-1-3-8(7)6-9;8-6-5-4(2-1-3-10-5)11-7(9)12-6;8-6(9)5-1-3-7-4-2-5;/h1-2,4-13H,3H2,(H,24,25,26);1-2,4-9H,3H2,(H,19,20,21);1,3-6H,2,10H2;1-3H;1-4,8-9H;1H4. The average molecular weight is 1100 g/mol. The molecule has 3 aliphatic rings. The third-order valence-electron chi connectivity index (χ3n) is 12.1. The number of hydrogen-bond donors (Lipinski definition) is 5. The van der Waals surface area contributed by atoms with Crippen LogP contribution in [-0.4, -0.2) is 72.0 Å². The predicted molar refractivity (Wildman–Crippen MR) is 320 cm³/mol. The number of nitrogens with zero attached hydrogens (tertiary/aromatic N) is 11. The van der Waals surface area contributed by atoms with Crippen molar-refractivity contribution in [1.29, 1.82) is 0 Å². The summed E-state index contributed by atoms with van der Waals surface area (Å²) in [6, 6.07) is 36.7. The van der Waals surface area contributed by atoms with Gasteiger partial charge in [0.05, 0.1) is 16.6 Å². The molecule has 0 saturated carbocycles. The molecule has 6 N–H and O–H groups in total. The van der Waals surface area contributed by atoms with Crippen molar-refractivity contribution in [2.45, 2.75) is 26.7 Å². The molecule has 8 aromatic heterocycles. The van der Waals surface area contributed by atoms with Crippen LogP contribution in [0.4, 0.5) is 28.7 Å². The van der Waals surface area contributed by atoms with Gasteiger partial charge in [-0.15, -0.1) is 0 Å². The second-order valence-electron chi connectivity index (χ2n) is 17.4. The van der Waals surface area contributed by atoms with Crippen LogP contribution in [0.1, 0.15) is 40.8 Å². The van der Waals surface area contributed by atoms with Crippen LogP contribution in [-0.2, 0) is 19.3 Å². The molecule has 16 nitrogen and oxygen atoms in total. The Balaban J connectivity index is 0.000000127. The van der Waals surface area contributed by atoms with E-state index in [9.17, 15) is 0 Å². The number of pyridine rings is 5. The summed E-state index contributed by atoms with van der Waals surface area (Å²) in [6.07, 6.45) is 27.6. The summed E-state index contributed by atoms with van der Waals surface area (Å²) in [7, 11) is -1.38. The molecule has 8 heterocycles. The molecule has 0 aliphatic heterocycles. The maximum Gasteiger partial charge on any atom is 0.488 e. The van der Waals surface area contributed by atoms with Crippen LogP contribution in [0.2, 0.25) is 15.7 Å². The molecule has 0 saturated heterocycles. The van der Waals surface area contributed by atoms with Gasteiger partial charge in [-0.2, -0.15) is 4.98 Å². The minimum atomic E-state index is -1.38. The zero-order valence-corrected chi connectivity index (χ0v) is 43.5. The summed E-state index contributed by atoms with van der Waals surface area (Å²) in [6.45, 7) is 0. The predicted octanol–water partition coefficient (Wildman–Crippen LogP) is 12.0. The van der Waals surface area contributed by atoms with Gasteiger partial charge in [-0.3, -0.25) is 24.9 Å². The Morgan fingerprint density at radius 3 is 1.46 bits per heavy atom. The highest BCUT2D eigenvalue weighted by Crippen LogP contribution is 2.30. The molecular formula is C59H48BCl3N14O2. The number of nitrogens with two attached hydrogens (primary N) is 1. The van der Waals surface area contributed by atoms with Crippen LogP contribution in [0.25, 0.3) is 62.7 Å². The Hall–Kier alpha value is -9.10. The summed E-state index contributed by atoms with van der Waals surface area (Å²) in [5.41, 5.74) is 21.8. The third kappa shape index (κ3) is 13.9. The first-order chi connectivity index (χ1) is 38.1. The maximum atomic E-state index is 8.55. The van der Waals surface area contributed by atoms with Gasteiger partial charge in [-0.25, -0.2) is 24.9 Å². The lowest BCUT2D eigenvalue weighted by Crippen LogP contribution is -2.29. The summed E-state index contributed by atoms with van der Waals surface area (Å²) in [4.78, 5) is 46.1. The lowest BCUT2D eigenvalue weighted by atomic mass is 9.81. The van der Waals surface area contributed by atoms with Crippen molar-refractivity contribution in [3.05, 3.63) is 226 Å². The molecule has 11 aromatic rings. The summed E-state index contributed by atoms with van der Waals surface area (Å²) in [5, 5.41) is 24.4. The van der Waals surface area contributed by atoms with Gasteiger partial charge in [0.2, 0.25) is 10.6 Å². The van der Waals surface area contributed by atoms with Crippen molar-refractivity contribution in [2.24, 2.45) is 0 Å². The third-order valence-corrected chi connectivity index (χ3v) is 12.7. The van der Waals surface area contributed by atoms with E-state index in [-0.39, 0.29) is 23.1 Å². The number of aromatic nitrogens is 11. The molecule has 0 unspecified atom stereocenters. The molecule has 14 rings (SSSR count). The van der Waals surface area contributed by atoms with Gasteiger partial charge in [-0.1, -0.05) is 73.7 Å². The zero-order chi connectivity index (χ0) is 53.8. The van der Waals surface area contributed by atoms with E-state index < -0.39 is 7.12 Å². The first kappa shape index (κ1) is 54.7. The van der Waals surface area contributed by atoms with E-state index in [0.29, 0.717) is 39.5 Å². The SMILES string of the molecule is C.C1=Cc2cc(Nc3nc(-c4ccncc4)nc4cccnc34)ccc2C1.Clc1nc(Cl)c2ncccc2n1.Clc1nc(Nc2ccc3c(c2)C=CC3)c2ncccc2n1.Nc1ccc2c(c1)C=CC2.OB(O)c1ccncc1. The number of anilines is 5. The summed E-state index contributed by atoms with van der Waals surface area (Å²) < 4.78 is 0. The molecule has 0 amide bonds. The summed E-state index contributed by atoms with van der Waals surface area (Å²) >= 11 is 17.3. The number of allylic oxidation sites excluding steroid dienone is 3. The first-order valence-electron chi connectivity index (χ1n) is 24.3. The Morgan fingerprint density at radius 1 is 0.468 bits per heavy atom. The Kier molecular flexibility index (Phi) is 17.9. The lowest BCUT2D eigenvalue weighted by Gasteiger charge is -2.11. The van der Waals surface area contributed by atoms with Gasteiger partial charge in [0.1, 0.15) is 16.6 Å². The van der Waals surface area contributed by atoms with Crippen molar-refractivity contribution < 1.29 is 10.0 Å². The molecule has 0 atom stereocenters. The van der Waals surface area contributed by atoms with E-state index in [0.717, 1.165) is 58.4 Å². The average Bonchev–Trinajstić information content (AvgIpc) is 4.28. The van der Waals surface area contributed by atoms with Crippen LogP contribution in [0.5, 0.6) is 0 Å². The van der Waals surface area contributed by atoms with Crippen molar-refractivity contribution in [3.63, 3.8) is 0 Å². The molecule has 3 aromatic carbocycles. The number of benzene rings is 3. The monoisotopic (exact) mass is 1100 g/mol. The topological polar surface area (TPSA) is 232 Å². The molecular weight excluding hydrogens is 1050 g/mol. The van der Waals surface area contributed by atoms with E-state index >= 15 is 0 Å². The minimum Gasteiger partial charge on any atom is -0.423 e. The Morgan fingerprint density at radius 2 is 0.924 bits per heavy atom. The van der Waals surface area contributed by atoms with Gasteiger partial charge in [0.15, 0.2) is 22.6 Å². The van der Waals surface area contributed by atoms with E-state index in [1.807, 2.05) is 54.6 Å². The molecule has 0 radical (unpaired) electrons.